The number of amides is 1. The fourth-order valence-electron chi connectivity index (χ4n) is 3.86. The van der Waals surface area contributed by atoms with Crippen molar-refractivity contribution in [2.45, 2.75) is 38.4 Å². The van der Waals surface area contributed by atoms with Gasteiger partial charge in [0.2, 0.25) is 5.91 Å². The zero-order valence-electron chi connectivity index (χ0n) is 16.9. The first kappa shape index (κ1) is 19.5. The highest BCUT2D eigenvalue weighted by atomic mass is 16.5. The van der Waals surface area contributed by atoms with Crippen molar-refractivity contribution in [1.29, 1.82) is 0 Å². The van der Waals surface area contributed by atoms with E-state index in [1.165, 1.54) is 29.2 Å². The highest BCUT2D eigenvalue weighted by Crippen LogP contribution is 2.30. The van der Waals surface area contributed by atoms with E-state index in [1.807, 2.05) is 24.3 Å². The van der Waals surface area contributed by atoms with Crippen LogP contribution < -0.4 is 10.1 Å². The van der Waals surface area contributed by atoms with Crippen LogP contribution in [0.1, 0.15) is 30.4 Å². The van der Waals surface area contributed by atoms with Gasteiger partial charge in [-0.2, -0.15) is 0 Å². The molecule has 1 N–H and O–H groups in total. The largest absolute Gasteiger partial charge is 0.496 e. The van der Waals surface area contributed by atoms with Gasteiger partial charge in [0.05, 0.1) is 7.11 Å². The summed E-state index contributed by atoms with van der Waals surface area (Å²) in [6.45, 7) is 2.17. The minimum atomic E-state index is 0.0828. The molecule has 1 saturated carbocycles. The molecule has 1 aliphatic carbocycles. The van der Waals surface area contributed by atoms with Crippen molar-refractivity contribution < 1.29 is 9.53 Å². The second-order valence-corrected chi connectivity index (χ2v) is 7.68. The average molecular weight is 389 g/mol. The van der Waals surface area contributed by atoms with Gasteiger partial charge in [0.15, 0.2) is 0 Å². The Hall–Kier alpha value is -2.85. The summed E-state index contributed by atoms with van der Waals surface area (Å²) in [6, 6.07) is 23.4. The molecule has 150 valence electrons. The predicted molar refractivity (Wildman–Crippen MR) is 117 cm³/mol. The zero-order chi connectivity index (χ0) is 20.1. The van der Waals surface area contributed by atoms with Crippen LogP contribution >= 0.6 is 0 Å². The third kappa shape index (κ3) is 4.96. The van der Waals surface area contributed by atoms with Crippen LogP contribution in [-0.4, -0.2) is 30.5 Å². The molecule has 0 aromatic heterocycles. The molecule has 4 rings (SSSR count). The lowest BCUT2D eigenvalue weighted by Gasteiger charge is -2.22. The van der Waals surface area contributed by atoms with E-state index in [0.717, 1.165) is 24.4 Å². The van der Waals surface area contributed by atoms with Crippen LogP contribution in [0, 0.1) is 0 Å². The summed E-state index contributed by atoms with van der Waals surface area (Å²) in [7, 11) is 1.65. The lowest BCUT2D eigenvalue weighted by molar-refractivity contribution is -0.121. The normalized spacial score (nSPS) is 13.6. The van der Waals surface area contributed by atoms with Gasteiger partial charge in [-0.1, -0.05) is 60.7 Å². The molecule has 0 spiro atoms. The summed E-state index contributed by atoms with van der Waals surface area (Å²) in [5.41, 5.74) is 2.34. The summed E-state index contributed by atoms with van der Waals surface area (Å²) < 4.78 is 5.36. The van der Waals surface area contributed by atoms with E-state index in [2.05, 4.69) is 52.7 Å². The van der Waals surface area contributed by atoms with Gasteiger partial charge in [-0.05, 0) is 35.2 Å². The van der Waals surface area contributed by atoms with Crippen molar-refractivity contribution in [1.82, 2.24) is 10.2 Å². The lowest BCUT2D eigenvalue weighted by atomic mass is 10.0. The van der Waals surface area contributed by atoms with E-state index >= 15 is 0 Å². The molecule has 1 aliphatic rings. The molecule has 3 aromatic carbocycles. The molecule has 0 unspecified atom stereocenters. The summed E-state index contributed by atoms with van der Waals surface area (Å²) >= 11 is 0. The number of nitrogens with one attached hydrogen (secondary N) is 1. The highest BCUT2D eigenvalue weighted by molar-refractivity contribution is 5.85. The van der Waals surface area contributed by atoms with Crippen molar-refractivity contribution in [3.05, 3.63) is 77.9 Å². The maximum absolute atomic E-state index is 12.4. The fraction of sp³-hybridized carbons (Fsp3) is 0.320. The van der Waals surface area contributed by atoms with E-state index in [0.29, 0.717) is 19.0 Å². The second kappa shape index (κ2) is 9.10. The molecule has 0 saturated heterocycles. The standard InChI is InChI=1S/C25H28N2O2/c1-29-24-12-5-3-8-20(24)17-26-25(28)15-16-27(22-13-14-22)18-21-10-6-9-19-7-2-4-11-23(19)21/h2-12,22H,13-18H2,1H3,(H,26,28). The molecule has 0 aliphatic heterocycles. The second-order valence-electron chi connectivity index (χ2n) is 7.68. The molecule has 0 atom stereocenters. The Balaban J connectivity index is 1.35. The minimum Gasteiger partial charge on any atom is -0.496 e. The summed E-state index contributed by atoms with van der Waals surface area (Å²) in [4.78, 5) is 14.9. The van der Waals surface area contributed by atoms with Crippen LogP contribution in [0.2, 0.25) is 0 Å². The molecule has 1 amide bonds. The molecule has 0 heterocycles. The topological polar surface area (TPSA) is 41.6 Å². The zero-order valence-corrected chi connectivity index (χ0v) is 16.9. The Bertz CT molecular complexity index is 976. The summed E-state index contributed by atoms with van der Waals surface area (Å²) in [5, 5.41) is 5.62. The molecule has 4 nitrogen and oxygen atoms in total. The van der Waals surface area contributed by atoms with Gasteiger partial charge >= 0.3 is 0 Å². The third-order valence-corrected chi connectivity index (χ3v) is 5.61. The fourth-order valence-corrected chi connectivity index (χ4v) is 3.86. The Morgan fingerprint density at radius 3 is 2.55 bits per heavy atom. The Labute approximate surface area is 172 Å². The Morgan fingerprint density at radius 2 is 1.72 bits per heavy atom. The SMILES string of the molecule is COc1ccccc1CNC(=O)CCN(Cc1cccc2ccccc12)C1CC1. The molecule has 29 heavy (non-hydrogen) atoms. The van der Waals surface area contributed by atoms with Crippen molar-refractivity contribution in [3.63, 3.8) is 0 Å². The van der Waals surface area contributed by atoms with Gasteiger partial charge in [0, 0.05) is 37.7 Å². The number of ether oxygens (including phenoxy) is 1. The first-order valence-electron chi connectivity index (χ1n) is 10.3. The molecular weight excluding hydrogens is 360 g/mol. The number of nitrogens with zero attached hydrogens (tertiary/aromatic N) is 1. The number of fused-ring (bicyclic) bond motifs is 1. The van der Waals surface area contributed by atoms with Crippen LogP contribution in [0.25, 0.3) is 10.8 Å². The van der Waals surface area contributed by atoms with E-state index in [4.69, 9.17) is 4.74 Å². The lowest BCUT2D eigenvalue weighted by Crippen LogP contribution is -2.32. The van der Waals surface area contributed by atoms with E-state index in [1.54, 1.807) is 7.11 Å². The average Bonchev–Trinajstić information content (AvgIpc) is 3.61. The maximum Gasteiger partial charge on any atom is 0.221 e. The van der Waals surface area contributed by atoms with E-state index < -0.39 is 0 Å². The van der Waals surface area contributed by atoms with Gasteiger partial charge in [-0.25, -0.2) is 0 Å². The van der Waals surface area contributed by atoms with Crippen LogP contribution in [0.5, 0.6) is 5.75 Å². The Kier molecular flexibility index (Phi) is 6.11. The van der Waals surface area contributed by atoms with Gasteiger partial charge in [0.1, 0.15) is 5.75 Å². The smallest absolute Gasteiger partial charge is 0.221 e. The number of rotatable bonds is 9. The number of hydrogen-bond acceptors (Lipinski definition) is 3. The molecule has 0 radical (unpaired) electrons. The van der Waals surface area contributed by atoms with Crippen LogP contribution in [0.3, 0.4) is 0 Å². The van der Waals surface area contributed by atoms with Gasteiger partial charge in [-0.3, -0.25) is 9.69 Å². The van der Waals surface area contributed by atoms with Crippen LogP contribution in [0.4, 0.5) is 0 Å². The third-order valence-electron chi connectivity index (χ3n) is 5.61. The number of carbonyl (C=O) groups is 1. The van der Waals surface area contributed by atoms with Crippen LogP contribution in [-0.2, 0) is 17.9 Å². The van der Waals surface area contributed by atoms with Crippen LogP contribution in [0.15, 0.2) is 66.7 Å². The van der Waals surface area contributed by atoms with Crippen molar-refractivity contribution in [3.8, 4) is 5.75 Å². The number of benzene rings is 3. The predicted octanol–water partition coefficient (Wildman–Crippen LogP) is 4.52. The van der Waals surface area contributed by atoms with Crippen molar-refractivity contribution >= 4 is 16.7 Å². The molecule has 1 fully saturated rings. The Morgan fingerprint density at radius 1 is 1.00 bits per heavy atom. The number of para-hydroxylation sites is 1. The molecule has 0 bridgehead atoms. The number of methoxy groups -OCH3 is 1. The molecule has 4 heteroatoms. The highest BCUT2D eigenvalue weighted by Gasteiger charge is 2.29. The van der Waals surface area contributed by atoms with E-state index in [9.17, 15) is 4.79 Å². The van der Waals surface area contributed by atoms with Gasteiger partial charge in [0.25, 0.3) is 0 Å². The molecular formula is C25H28N2O2. The maximum atomic E-state index is 12.4. The van der Waals surface area contributed by atoms with Gasteiger partial charge < -0.3 is 10.1 Å². The summed E-state index contributed by atoms with van der Waals surface area (Å²) in [6.07, 6.45) is 2.97. The monoisotopic (exact) mass is 388 g/mol. The minimum absolute atomic E-state index is 0.0828. The first-order chi connectivity index (χ1) is 14.2. The number of carbonyl (C=O) groups excluding carboxylic acids is 1. The van der Waals surface area contributed by atoms with Crippen molar-refractivity contribution in [2.24, 2.45) is 0 Å². The first-order valence-corrected chi connectivity index (χ1v) is 10.3. The van der Waals surface area contributed by atoms with Crippen molar-refractivity contribution in [2.75, 3.05) is 13.7 Å². The summed E-state index contributed by atoms with van der Waals surface area (Å²) in [5.74, 6) is 0.892. The molecule has 3 aromatic rings. The number of hydrogen-bond donors (Lipinski definition) is 1. The van der Waals surface area contributed by atoms with Gasteiger partial charge in [-0.15, -0.1) is 0 Å². The van der Waals surface area contributed by atoms with E-state index in [-0.39, 0.29) is 5.91 Å². The quantitative estimate of drug-likeness (QED) is 0.586.